The lowest BCUT2D eigenvalue weighted by atomic mass is 9.67. The van der Waals surface area contributed by atoms with Gasteiger partial charge in [0.15, 0.2) is 5.78 Å². The van der Waals surface area contributed by atoms with Gasteiger partial charge < -0.3 is 0 Å². The Morgan fingerprint density at radius 2 is 1.71 bits per heavy atom. The van der Waals surface area contributed by atoms with E-state index in [1.54, 1.807) is 19.1 Å². The number of carbonyl (C=O) groups excluding carboxylic acids is 1. The molecule has 0 aromatic heterocycles. The standard InChI is InChI=1S/C16H26O/c1-8-9-10-14(13(2)17)11-12-16(6,7)15(3,4)5/h8-11H,1,12H2,2-7H3. The average molecular weight is 234 g/mol. The highest BCUT2D eigenvalue weighted by Crippen LogP contribution is 2.41. The highest BCUT2D eigenvalue weighted by atomic mass is 16.1. The Balaban J connectivity index is 4.94. The van der Waals surface area contributed by atoms with Crippen molar-refractivity contribution in [3.05, 3.63) is 36.5 Å². The van der Waals surface area contributed by atoms with Crippen molar-refractivity contribution < 1.29 is 4.79 Å². The summed E-state index contributed by atoms with van der Waals surface area (Å²) >= 11 is 0. The number of hydrogen-bond acceptors (Lipinski definition) is 1. The lowest BCUT2D eigenvalue weighted by molar-refractivity contribution is -0.113. The molecule has 17 heavy (non-hydrogen) atoms. The first-order chi connectivity index (χ1) is 7.62. The maximum Gasteiger partial charge on any atom is 0.159 e. The monoisotopic (exact) mass is 234 g/mol. The number of ketones is 1. The number of allylic oxidation sites excluding steroid dienone is 5. The summed E-state index contributed by atoms with van der Waals surface area (Å²) in [5.74, 6) is 0.104. The smallest absolute Gasteiger partial charge is 0.159 e. The van der Waals surface area contributed by atoms with E-state index in [-0.39, 0.29) is 16.6 Å². The van der Waals surface area contributed by atoms with Gasteiger partial charge in [0.2, 0.25) is 0 Å². The maximum atomic E-state index is 11.5. The summed E-state index contributed by atoms with van der Waals surface area (Å²) in [6.45, 7) is 16.4. The third-order valence-electron chi connectivity index (χ3n) is 3.68. The van der Waals surface area contributed by atoms with Gasteiger partial charge in [-0.25, -0.2) is 0 Å². The number of carbonyl (C=O) groups is 1. The zero-order valence-electron chi connectivity index (χ0n) is 12.1. The third kappa shape index (κ3) is 5.16. The van der Waals surface area contributed by atoms with Crippen LogP contribution in [0.1, 0.15) is 48.0 Å². The molecule has 0 aliphatic heterocycles. The van der Waals surface area contributed by atoms with Crippen LogP contribution < -0.4 is 0 Å². The van der Waals surface area contributed by atoms with Gasteiger partial charge in [0.1, 0.15) is 0 Å². The second-order valence-corrected chi connectivity index (χ2v) is 6.15. The normalized spacial score (nSPS) is 14.1. The lowest BCUT2D eigenvalue weighted by Gasteiger charge is -2.38. The topological polar surface area (TPSA) is 17.1 Å². The molecule has 0 aromatic rings. The van der Waals surface area contributed by atoms with E-state index >= 15 is 0 Å². The first kappa shape index (κ1) is 15.9. The van der Waals surface area contributed by atoms with Crippen molar-refractivity contribution in [1.82, 2.24) is 0 Å². The van der Waals surface area contributed by atoms with E-state index in [0.29, 0.717) is 0 Å². The molecule has 0 saturated carbocycles. The van der Waals surface area contributed by atoms with Gasteiger partial charge >= 0.3 is 0 Å². The first-order valence-electron chi connectivity index (χ1n) is 6.12. The summed E-state index contributed by atoms with van der Waals surface area (Å²) in [7, 11) is 0. The fraction of sp³-hybridized carbons (Fsp3) is 0.562. The molecule has 0 unspecified atom stereocenters. The van der Waals surface area contributed by atoms with Crippen LogP contribution in [-0.2, 0) is 4.79 Å². The molecule has 0 heterocycles. The molecule has 1 heteroatoms. The van der Waals surface area contributed by atoms with Crippen LogP contribution in [0.3, 0.4) is 0 Å². The Morgan fingerprint density at radius 1 is 1.18 bits per heavy atom. The van der Waals surface area contributed by atoms with Crippen molar-refractivity contribution in [2.75, 3.05) is 0 Å². The van der Waals surface area contributed by atoms with Gasteiger partial charge in [-0.05, 0) is 24.2 Å². The SMILES string of the molecule is C=CC=CC(=CCC(C)(C)C(C)(C)C)C(C)=O. The third-order valence-corrected chi connectivity index (χ3v) is 3.68. The minimum Gasteiger partial charge on any atom is -0.295 e. The van der Waals surface area contributed by atoms with Crippen LogP contribution in [0.15, 0.2) is 36.5 Å². The predicted molar refractivity (Wildman–Crippen MR) is 76.0 cm³/mol. The van der Waals surface area contributed by atoms with E-state index in [0.717, 1.165) is 12.0 Å². The van der Waals surface area contributed by atoms with Crippen molar-refractivity contribution in [3.63, 3.8) is 0 Å². The predicted octanol–water partition coefficient (Wildman–Crippen LogP) is 4.71. The van der Waals surface area contributed by atoms with E-state index in [1.165, 1.54) is 0 Å². The largest absolute Gasteiger partial charge is 0.295 e. The van der Waals surface area contributed by atoms with Crippen molar-refractivity contribution in [1.29, 1.82) is 0 Å². The first-order valence-corrected chi connectivity index (χ1v) is 6.12. The zero-order valence-corrected chi connectivity index (χ0v) is 12.1. The molecule has 0 atom stereocenters. The minimum absolute atomic E-state index is 0.104. The molecule has 0 rings (SSSR count). The Labute approximate surface area is 106 Å². The van der Waals surface area contributed by atoms with Gasteiger partial charge in [-0.3, -0.25) is 4.79 Å². The zero-order chi connectivity index (χ0) is 13.7. The molecule has 0 N–H and O–H groups in total. The van der Waals surface area contributed by atoms with Crippen LogP contribution in [0.5, 0.6) is 0 Å². The fourth-order valence-electron chi connectivity index (χ4n) is 1.17. The molecule has 0 aliphatic carbocycles. The summed E-state index contributed by atoms with van der Waals surface area (Å²) in [4.78, 5) is 11.5. The van der Waals surface area contributed by atoms with Crippen LogP contribution in [0, 0.1) is 10.8 Å². The summed E-state index contributed by atoms with van der Waals surface area (Å²) in [5, 5.41) is 0. The van der Waals surface area contributed by atoms with Gasteiger partial charge in [-0.15, -0.1) is 0 Å². The number of hydrogen-bond donors (Lipinski definition) is 0. The van der Waals surface area contributed by atoms with E-state index in [1.807, 2.05) is 12.2 Å². The van der Waals surface area contributed by atoms with Gasteiger partial charge in [0.25, 0.3) is 0 Å². The molecular formula is C16H26O. The molecule has 0 aromatic carbocycles. The van der Waals surface area contributed by atoms with E-state index in [2.05, 4.69) is 41.2 Å². The van der Waals surface area contributed by atoms with Crippen molar-refractivity contribution in [2.24, 2.45) is 10.8 Å². The Hall–Kier alpha value is -1.11. The van der Waals surface area contributed by atoms with E-state index in [4.69, 9.17) is 0 Å². The van der Waals surface area contributed by atoms with Crippen LogP contribution >= 0.6 is 0 Å². The molecular weight excluding hydrogens is 208 g/mol. The van der Waals surface area contributed by atoms with Crippen LogP contribution in [0.2, 0.25) is 0 Å². The average Bonchev–Trinajstić information content (AvgIpc) is 2.15. The molecule has 0 saturated heterocycles. The molecule has 0 amide bonds. The minimum atomic E-state index is 0.104. The van der Waals surface area contributed by atoms with Crippen LogP contribution in [0.4, 0.5) is 0 Å². The summed E-state index contributed by atoms with van der Waals surface area (Å²) in [6, 6.07) is 0. The summed E-state index contributed by atoms with van der Waals surface area (Å²) < 4.78 is 0. The molecule has 0 bridgehead atoms. The molecule has 96 valence electrons. The second-order valence-electron chi connectivity index (χ2n) is 6.15. The molecule has 0 fully saturated rings. The molecule has 1 nitrogen and oxygen atoms in total. The highest BCUT2D eigenvalue weighted by Gasteiger charge is 2.31. The molecule has 0 radical (unpaired) electrons. The Kier molecular flexibility index (Phi) is 5.60. The van der Waals surface area contributed by atoms with Crippen molar-refractivity contribution >= 4 is 5.78 Å². The van der Waals surface area contributed by atoms with Gasteiger partial charge in [-0.1, -0.05) is 65.5 Å². The van der Waals surface area contributed by atoms with Gasteiger partial charge in [0.05, 0.1) is 0 Å². The van der Waals surface area contributed by atoms with Gasteiger partial charge in [0, 0.05) is 5.57 Å². The van der Waals surface area contributed by atoms with Gasteiger partial charge in [-0.2, -0.15) is 0 Å². The summed E-state index contributed by atoms with van der Waals surface area (Å²) in [5.41, 5.74) is 1.14. The quantitative estimate of drug-likeness (QED) is 0.497. The number of rotatable bonds is 5. The fourth-order valence-corrected chi connectivity index (χ4v) is 1.17. The maximum absolute atomic E-state index is 11.5. The van der Waals surface area contributed by atoms with E-state index < -0.39 is 0 Å². The molecule has 0 spiro atoms. The van der Waals surface area contributed by atoms with Crippen molar-refractivity contribution in [2.45, 2.75) is 48.0 Å². The van der Waals surface area contributed by atoms with E-state index in [9.17, 15) is 4.79 Å². The summed E-state index contributed by atoms with van der Waals surface area (Å²) in [6.07, 6.45) is 8.25. The Morgan fingerprint density at radius 3 is 2.06 bits per heavy atom. The second kappa shape index (κ2) is 6.00. The lowest BCUT2D eigenvalue weighted by Crippen LogP contribution is -2.29. The van der Waals surface area contributed by atoms with Crippen molar-refractivity contribution in [3.8, 4) is 0 Å². The highest BCUT2D eigenvalue weighted by molar-refractivity contribution is 5.96. The Bertz CT molecular complexity index is 335. The number of Topliss-reactive ketones (excluding diaryl/α,β-unsaturated/α-hetero) is 1. The van der Waals surface area contributed by atoms with Crippen LogP contribution in [-0.4, -0.2) is 5.78 Å². The molecule has 0 aliphatic rings. The van der Waals surface area contributed by atoms with Crippen LogP contribution in [0.25, 0.3) is 0 Å².